The zero-order chi connectivity index (χ0) is 20.2. The third kappa shape index (κ3) is 4.21. The molecule has 1 N–H and O–H groups in total. The molecule has 1 aliphatic heterocycles. The van der Waals surface area contributed by atoms with Crippen LogP contribution in [0.2, 0.25) is 0 Å². The second-order valence-corrected chi connectivity index (χ2v) is 7.45. The monoisotopic (exact) mass is 393 g/mol. The molecule has 3 heterocycles. The molecule has 6 nitrogen and oxygen atoms in total. The number of pyridine rings is 1. The second kappa shape index (κ2) is 8.55. The topological polar surface area (TPSA) is 67.5 Å². The number of nitrogens with one attached hydrogen (secondary N) is 1. The lowest BCUT2D eigenvalue weighted by molar-refractivity contribution is -0.140. The van der Waals surface area contributed by atoms with E-state index in [9.17, 15) is 4.79 Å². The zero-order valence-corrected chi connectivity index (χ0v) is 16.9. The molecule has 0 unspecified atom stereocenters. The Kier molecular flexibility index (Phi) is 5.69. The van der Waals surface area contributed by atoms with Crippen molar-refractivity contribution in [2.45, 2.75) is 38.2 Å². The molecule has 2 aromatic heterocycles. The molecule has 0 radical (unpaired) electrons. The van der Waals surface area contributed by atoms with Gasteiger partial charge in [-0.25, -0.2) is 0 Å². The van der Waals surface area contributed by atoms with Crippen LogP contribution in [0.25, 0.3) is 11.0 Å². The van der Waals surface area contributed by atoms with Gasteiger partial charge >= 0.3 is 0 Å². The maximum atomic E-state index is 13.0. The first-order chi connectivity index (χ1) is 14.2. The van der Waals surface area contributed by atoms with Gasteiger partial charge in [-0.2, -0.15) is 0 Å². The summed E-state index contributed by atoms with van der Waals surface area (Å²) in [7, 11) is 1.62. The number of likely N-dealkylation sites (tertiary alicyclic amines) is 1. The molecule has 3 aromatic rings. The Morgan fingerprint density at radius 1 is 1.21 bits per heavy atom. The molecule has 6 heteroatoms. The number of fused-ring (bicyclic) bond motifs is 1. The number of carbonyl (C=O) groups is 1. The number of carbonyl (C=O) groups excluding carboxylic acids is 1. The number of rotatable bonds is 6. The Hall–Kier alpha value is -3.02. The van der Waals surface area contributed by atoms with Crippen molar-refractivity contribution in [2.24, 2.45) is 0 Å². The van der Waals surface area contributed by atoms with Crippen molar-refractivity contribution in [2.75, 3.05) is 20.2 Å². The van der Waals surface area contributed by atoms with E-state index in [0.717, 1.165) is 42.7 Å². The van der Waals surface area contributed by atoms with Gasteiger partial charge in [-0.15, -0.1) is 0 Å². The van der Waals surface area contributed by atoms with Gasteiger partial charge < -0.3 is 19.4 Å². The highest BCUT2D eigenvalue weighted by Gasteiger charge is 2.29. The van der Waals surface area contributed by atoms with Crippen LogP contribution in [-0.2, 0) is 4.79 Å². The molecule has 1 aliphatic rings. The highest BCUT2D eigenvalue weighted by atomic mass is 16.5. The fourth-order valence-corrected chi connectivity index (χ4v) is 3.96. The second-order valence-electron chi connectivity index (χ2n) is 7.45. The van der Waals surface area contributed by atoms with Crippen LogP contribution in [0.1, 0.15) is 37.8 Å². The van der Waals surface area contributed by atoms with Crippen LogP contribution in [0.4, 0.5) is 0 Å². The van der Waals surface area contributed by atoms with Crippen LogP contribution < -0.4 is 9.47 Å². The minimum absolute atomic E-state index is 0.0621. The van der Waals surface area contributed by atoms with Crippen LogP contribution in [0.15, 0.2) is 48.7 Å². The first-order valence-corrected chi connectivity index (χ1v) is 10.2. The van der Waals surface area contributed by atoms with Crippen molar-refractivity contribution in [3.63, 3.8) is 0 Å². The van der Waals surface area contributed by atoms with Gasteiger partial charge in [0, 0.05) is 37.0 Å². The van der Waals surface area contributed by atoms with Gasteiger partial charge in [0.05, 0.1) is 18.1 Å². The third-order valence-electron chi connectivity index (χ3n) is 5.62. The molecule has 1 saturated heterocycles. The first-order valence-electron chi connectivity index (χ1n) is 10.2. The van der Waals surface area contributed by atoms with Gasteiger partial charge in [-0.1, -0.05) is 13.0 Å². The summed E-state index contributed by atoms with van der Waals surface area (Å²) < 4.78 is 11.2. The Bertz CT molecular complexity index is 943. The predicted octanol–water partition coefficient (Wildman–Crippen LogP) is 4.14. The predicted molar refractivity (Wildman–Crippen MR) is 112 cm³/mol. The number of benzene rings is 1. The van der Waals surface area contributed by atoms with Gasteiger partial charge in [0.25, 0.3) is 5.91 Å². The zero-order valence-electron chi connectivity index (χ0n) is 16.9. The summed E-state index contributed by atoms with van der Waals surface area (Å²) in [5.74, 6) is 1.86. The number of H-pyrrole nitrogens is 1. The summed E-state index contributed by atoms with van der Waals surface area (Å²) in [6.45, 7) is 3.46. The van der Waals surface area contributed by atoms with Crippen molar-refractivity contribution in [3.8, 4) is 11.5 Å². The number of amides is 1. The van der Waals surface area contributed by atoms with E-state index in [2.05, 4.69) is 16.0 Å². The standard InChI is InChI=1S/C23H27N3O3/c1-3-22(29-18-7-4-6-17(14-18)28-2)23(27)26-12-9-16(10-13-26)20-15-21-19(25-20)8-5-11-24-21/h4-8,11,14-16,22,25H,3,9-10,12-13H2,1-2H3/t22-/m0/s1. The van der Waals surface area contributed by atoms with E-state index in [1.807, 2.05) is 54.4 Å². The van der Waals surface area contributed by atoms with E-state index in [1.165, 1.54) is 5.69 Å². The molecule has 4 rings (SSSR count). The SMILES string of the molecule is CC[C@H](Oc1cccc(OC)c1)C(=O)N1CCC(c2cc3ncccc3[nH]2)CC1. The number of aromatic amines is 1. The molecule has 0 saturated carbocycles. The molecule has 0 spiro atoms. The van der Waals surface area contributed by atoms with Gasteiger partial charge in [-0.05, 0) is 49.6 Å². The average Bonchev–Trinajstić information content (AvgIpc) is 3.21. The average molecular weight is 393 g/mol. The van der Waals surface area contributed by atoms with Crippen LogP contribution in [0.3, 0.4) is 0 Å². The maximum Gasteiger partial charge on any atom is 0.263 e. The molecule has 1 atom stereocenters. The molecule has 152 valence electrons. The summed E-state index contributed by atoms with van der Waals surface area (Å²) in [5.41, 5.74) is 3.28. The fraction of sp³-hybridized carbons (Fsp3) is 0.391. The van der Waals surface area contributed by atoms with E-state index in [0.29, 0.717) is 18.1 Å². The van der Waals surface area contributed by atoms with E-state index in [1.54, 1.807) is 7.11 Å². The number of aromatic nitrogens is 2. The molecular weight excluding hydrogens is 366 g/mol. The maximum absolute atomic E-state index is 13.0. The third-order valence-corrected chi connectivity index (χ3v) is 5.62. The Labute approximate surface area is 170 Å². The summed E-state index contributed by atoms with van der Waals surface area (Å²) >= 11 is 0. The lowest BCUT2D eigenvalue weighted by Crippen LogP contribution is -2.45. The summed E-state index contributed by atoms with van der Waals surface area (Å²) in [5, 5.41) is 0. The lowest BCUT2D eigenvalue weighted by Gasteiger charge is -2.33. The summed E-state index contributed by atoms with van der Waals surface area (Å²) in [6.07, 6.45) is 3.84. The van der Waals surface area contributed by atoms with Crippen molar-refractivity contribution in [1.29, 1.82) is 0 Å². The van der Waals surface area contributed by atoms with E-state index >= 15 is 0 Å². The Balaban J connectivity index is 1.38. The summed E-state index contributed by atoms with van der Waals surface area (Å²) in [4.78, 5) is 22.8. The summed E-state index contributed by atoms with van der Waals surface area (Å²) in [6, 6.07) is 13.5. The molecular formula is C23H27N3O3. The van der Waals surface area contributed by atoms with Crippen molar-refractivity contribution >= 4 is 16.9 Å². The molecule has 29 heavy (non-hydrogen) atoms. The quantitative estimate of drug-likeness (QED) is 0.684. The minimum atomic E-state index is -0.476. The Morgan fingerprint density at radius 2 is 2.00 bits per heavy atom. The molecule has 1 amide bonds. The largest absolute Gasteiger partial charge is 0.497 e. The van der Waals surface area contributed by atoms with Crippen molar-refractivity contribution < 1.29 is 14.3 Å². The van der Waals surface area contributed by atoms with E-state index in [-0.39, 0.29) is 5.91 Å². The van der Waals surface area contributed by atoms with E-state index in [4.69, 9.17) is 9.47 Å². The van der Waals surface area contributed by atoms with Gasteiger partial charge in [0.1, 0.15) is 11.5 Å². The van der Waals surface area contributed by atoms with Crippen LogP contribution >= 0.6 is 0 Å². The lowest BCUT2D eigenvalue weighted by atomic mass is 9.93. The molecule has 1 fully saturated rings. The highest BCUT2D eigenvalue weighted by Crippen LogP contribution is 2.30. The molecule has 0 bridgehead atoms. The van der Waals surface area contributed by atoms with Crippen LogP contribution in [0, 0.1) is 0 Å². The number of piperidine rings is 1. The van der Waals surface area contributed by atoms with Gasteiger partial charge in [0.2, 0.25) is 0 Å². The fourth-order valence-electron chi connectivity index (χ4n) is 3.96. The number of ether oxygens (including phenoxy) is 2. The van der Waals surface area contributed by atoms with Crippen LogP contribution in [-0.4, -0.2) is 47.1 Å². The minimum Gasteiger partial charge on any atom is -0.497 e. The number of hydrogen-bond acceptors (Lipinski definition) is 4. The number of methoxy groups -OCH3 is 1. The van der Waals surface area contributed by atoms with Crippen molar-refractivity contribution in [3.05, 3.63) is 54.4 Å². The Morgan fingerprint density at radius 3 is 2.72 bits per heavy atom. The molecule has 0 aliphatic carbocycles. The highest BCUT2D eigenvalue weighted by molar-refractivity contribution is 5.81. The van der Waals surface area contributed by atoms with E-state index < -0.39 is 6.10 Å². The number of hydrogen-bond donors (Lipinski definition) is 1. The smallest absolute Gasteiger partial charge is 0.263 e. The molecule has 1 aromatic carbocycles. The van der Waals surface area contributed by atoms with Gasteiger partial charge in [0.15, 0.2) is 6.10 Å². The first kappa shape index (κ1) is 19.3. The van der Waals surface area contributed by atoms with Crippen molar-refractivity contribution in [1.82, 2.24) is 14.9 Å². The number of nitrogens with zero attached hydrogens (tertiary/aromatic N) is 2. The van der Waals surface area contributed by atoms with Crippen LogP contribution in [0.5, 0.6) is 11.5 Å². The van der Waals surface area contributed by atoms with Gasteiger partial charge in [-0.3, -0.25) is 9.78 Å². The normalized spacial score (nSPS) is 16.0.